The van der Waals surface area contributed by atoms with Crippen molar-refractivity contribution >= 4 is 5.69 Å². The van der Waals surface area contributed by atoms with Crippen molar-refractivity contribution < 1.29 is 0 Å². The molecule has 1 saturated carbocycles. The summed E-state index contributed by atoms with van der Waals surface area (Å²) in [6.45, 7) is 0.808. The van der Waals surface area contributed by atoms with Crippen LogP contribution in [0.3, 0.4) is 0 Å². The Morgan fingerprint density at radius 3 is 2.68 bits per heavy atom. The van der Waals surface area contributed by atoms with Gasteiger partial charge in [-0.3, -0.25) is 0 Å². The van der Waals surface area contributed by atoms with Crippen molar-refractivity contribution in [3.63, 3.8) is 0 Å². The van der Waals surface area contributed by atoms with Crippen molar-refractivity contribution in [1.29, 1.82) is 5.26 Å². The molecule has 0 aromatic heterocycles. The first-order chi connectivity index (χ1) is 9.26. The highest BCUT2D eigenvalue weighted by molar-refractivity contribution is 5.60. The normalized spacial score (nSPS) is 16.1. The summed E-state index contributed by atoms with van der Waals surface area (Å²) in [6.07, 6.45) is 6.49. The van der Waals surface area contributed by atoms with Gasteiger partial charge in [-0.25, -0.2) is 0 Å². The Balaban J connectivity index is 2.20. The highest BCUT2D eigenvalue weighted by atomic mass is 15.1. The molecule has 19 heavy (non-hydrogen) atoms. The molecule has 3 nitrogen and oxygen atoms in total. The average molecular weight is 257 g/mol. The SMILES string of the molecule is CNCc1ccc(N(C)C2CCCCC2)c(C#N)c1. The summed E-state index contributed by atoms with van der Waals surface area (Å²) in [7, 11) is 4.05. The van der Waals surface area contributed by atoms with Crippen molar-refractivity contribution in [2.75, 3.05) is 19.0 Å². The fraction of sp³-hybridized carbons (Fsp3) is 0.562. The van der Waals surface area contributed by atoms with Crippen LogP contribution in [0.1, 0.15) is 43.2 Å². The summed E-state index contributed by atoms with van der Waals surface area (Å²) in [4.78, 5) is 2.31. The maximum absolute atomic E-state index is 9.36. The molecule has 0 aliphatic heterocycles. The summed E-state index contributed by atoms with van der Waals surface area (Å²) >= 11 is 0. The third-order valence-corrected chi connectivity index (χ3v) is 4.06. The van der Waals surface area contributed by atoms with E-state index in [0.29, 0.717) is 6.04 Å². The van der Waals surface area contributed by atoms with Crippen LogP contribution in [0.2, 0.25) is 0 Å². The summed E-state index contributed by atoms with van der Waals surface area (Å²) in [5.74, 6) is 0. The minimum Gasteiger partial charge on any atom is -0.371 e. The average Bonchev–Trinajstić information content (AvgIpc) is 2.47. The van der Waals surface area contributed by atoms with Gasteiger partial charge < -0.3 is 10.2 Å². The van der Waals surface area contributed by atoms with Gasteiger partial charge in [0, 0.05) is 19.6 Å². The summed E-state index contributed by atoms with van der Waals surface area (Å²) in [5, 5.41) is 12.5. The standard InChI is InChI=1S/C16H23N3/c1-18-12-13-8-9-16(14(10-13)11-17)19(2)15-6-4-3-5-7-15/h8-10,15,18H,3-7,12H2,1-2H3. The van der Waals surface area contributed by atoms with Crippen molar-refractivity contribution in [2.45, 2.75) is 44.7 Å². The molecule has 0 unspecified atom stereocenters. The largest absolute Gasteiger partial charge is 0.371 e. The van der Waals surface area contributed by atoms with E-state index in [1.165, 1.54) is 37.7 Å². The van der Waals surface area contributed by atoms with E-state index in [9.17, 15) is 5.26 Å². The molecule has 0 heterocycles. The van der Waals surface area contributed by atoms with Gasteiger partial charge in [0.2, 0.25) is 0 Å². The van der Waals surface area contributed by atoms with Crippen LogP contribution in [0.25, 0.3) is 0 Å². The van der Waals surface area contributed by atoms with Crippen LogP contribution >= 0.6 is 0 Å². The van der Waals surface area contributed by atoms with E-state index in [-0.39, 0.29) is 0 Å². The van der Waals surface area contributed by atoms with Crippen LogP contribution in [-0.4, -0.2) is 20.1 Å². The quantitative estimate of drug-likeness (QED) is 0.901. The van der Waals surface area contributed by atoms with Crippen molar-refractivity contribution in [3.05, 3.63) is 29.3 Å². The third kappa shape index (κ3) is 3.27. The molecule has 3 heteroatoms. The maximum atomic E-state index is 9.36. The van der Waals surface area contributed by atoms with Gasteiger partial charge in [0.1, 0.15) is 6.07 Å². The Labute approximate surface area is 116 Å². The first-order valence-corrected chi connectivity index (χ1v) is 7.16. The van der Waals surface area contributed by atoms with Gasteiger partial charge in [0.15, 0.2) is 0 Å². The molecule has 2 rings (SSSR count). The number of hydrogen-bond acceptors (Lipinski definition) is 3. The molecule has 0 spiro atoms. The summed E-state index contributed by atoms with van der Waals surface area (Å²) in [5.41, 5.74) is 3.04. The zero-order valence-electron chi connectivity index (χ0n) is 11.9. The Morgan fingerprint density at radius 1 is 1.32 bits per heavy atom. The maximum Gasteiger partial charge on any atom is 0.101 e. The first-order valence-electron chi connectivity index (χ1n) is 7.16. The minimum absolute atomic E-state index is 0.594. The lowest BCUT2D eigenvalue weighted by atomic mass is 9.93. The number of nitrogens with one attached hydrogen (secondary N) is 1. The Hall–Kier alpha value is -1.53. The van der Waals surface area contributed by atoms with Gasteiger partial charge in [-0.2, -0.15) is 5.26 Å². The van der Waals surface area contributed by atoms with E-state index < -0.39 is 0 Å². The lowest BCUT2D eigenvalue weighted by Gasteiger charge is -2.33. The van der Waals surface area contributed by atoms with Crippen LogP contribution in [0.15, 0.2) is 18.2 Å². The van der Waals surface area contributed by atoms with Gasteiger partial charge in [-0.15, -0.1) is 0 Å². The van der Waals surface area contributed by atoms with Gasteiger partial charge >= 0.3 is 0 Å². The molecular formula is C16H23N3. The second-order valence-electron chi connectivity index (χ2n) is 5.40. The lowest BCUT2D eigenvalue weighted by Crippen LogP contribution is -2.33. The van der Waals surface area contributed by atoms with Gasteiger partial charge in [-0.1, -0.05) is 25.3 Å². The van der Waals surface area contributed by atoms with Crippen molar-refractivity contribution in [2.24, 2.45) is 0 Å². The van der Waals surface area contributed by atoms with E-state index in [2.05, 4.69) is 35.5 Å². The molecule has 1 fully saturated rings. The number of nitrogens with zero attached hydrogens (tertiary/aromatic N) is 2. The molecule has 0 bridgehead atoms. The highest BCUT2D eigenvalue weighted by Gasteiger charge is 2.20. The van der Waals surface area contributed by atoms with Crippen LogP contribution in [-0.2, 0) is 6.54 Å². The molecule has 0 radical (unpaired) electrons. The smallest absolute Gasteiger partial charge is 0.101 e. The molecule has 0 atom stereocenters. The fourth-order valence-electron chi connectivity index (χ4n) is 2.96. The van der Waals surface area contributed by atoms with E-state index in [4.69, 9.17) is 0 Å². The van der Waals surface area contributed by atoms with Crippen LogP contribution < -0.4 is 10.2 Å². The number of hydrogen-bond donors (Lipinski definition) is 1. The third-order valence-electron chi connectivity index (χ3n) is 4.06. The predicted octanol–water partition coefficient (Wildman–Crippen LogP) is 3.05. The molecule has 1 N–H and O–H groups in total. The minimum atomic E-state index is 0.594. The van der Waals surface area contributed by atoms with E-state index in [1.807, 2.05) is 13.1 Å². The monoisotopic (exact) mass is 257 g/mol. The Kier molecular flexibility index (Phi) is 4.81. The number of nitriles is 1. The lowest BCUT2D eigenvalue weighted by molar-refractivity contribution is 0.427. The molecule has 102 valence electrons. The topological polar surface area (TPSA) is 39.1 Å². The van der Waals surface area contributed by atoms with Gasteiger partial charge in [0.25, 0.3) is 0 Å². The number of anilines is 1. The van der Waals surface area contributed by atoms with Gasteiger partial charge in [-0.05, 0) is 37.6 Å². The van der Waals surface area contributed by atoms with Crippen LogP contribution in [0.4, 0.5) is 5.69 Å². The van der Waals surface area contributed by atoms with Gasteiger partial charge in [0.05, 0.1) is 11.3 Å². The zero-order chi connectivity index (χ0) is 13.7. The van der Waals surface area contributed by atoms with E-state index >= 15 is 0 Å². The molecule has 0 amide bonds. The first kappa shape index (κ1) is 13.9. The molecule has 1 aliphatic rings. The molecule has 1 aromatic carbocycles. The summed E-state index contributed by atoms with van der Waals surface area (Å²) in [6, 6.07) is 9.16. The predicted molar refractivity (Wildman–Crippen MR) is 79.2 cm³/mol. The van der Waals surface area contributed by atoms with Crippen LogP contribution in [0, 0.1) is 11.3 Å². The highest BCUT2D eigenvalue weighted by Crippen LogP contribution is 2.28. The fourth-order valence-corrected chi connectivity index (χ4v) is 2.96. The zero-order valence-corrected chi connectivity index (χ0v) is 11.9. The molecule has 1 aliphatic carbocycles. The Morgan fingerprint density at radius 2 is 2.05 bits per heavy atom. The second-order valence-corrected chi connectivity index (χ2v) is 5.40. The Bertz CT molecular complexity index is 456. The summed E-state index contributed by atoms with van der Waals surface area (Å²) < 4.78 is 0. The number of benzene rings is 1. The van der Waals surface area contributed by atoms with E-state index in [1.54, 1.807) is 0 Å². The van der Waals surface area contributed by atoms with Crippen LogP contribution in [0.5, 0.6) is 0 Å². The molecule has 1 aromatic rings. The molecule has 0 saturated heterocycles. The van der Waals surface area contributed by atoms with E-state index in [0.717, 1.165) is 17.8 Å². The molecular weight excluding hydrogens is 234 g/mol. The van der Waals surface area contributed by atoms with Crippen molar-refractivity contribution in [1.82, 2.24) is 5.32 Å². The second kappa shape index (κ2) is 6.58. The van der Waals surface area contributed by atoms with Crippen molar-refractivity contribution in [3.8, 4) is 6.07 Å². The number of rotatable bonds is 4.